The minimum absolute atomic E-state index is 0.00608. The summed E-state index contributed by atoms with van der Waals surface area (Å²) in [5.74, 6) is -1.70. The number of piperidine rings is 1. The molecule has 1 heterocycles. The number of carbonyl (C=O) groups is 3. The lowest BCUT2D eigenvalue weighted by molar-refractivity contribution is -0.143. The number of carboxylic acid groups (broad SMARTS) is 1. The van der Waals surface area contributed by atoms with Crippen molar-refractivity contribution in [3.63, 3.8) is 0 Å². The fraction of sp³-hybridized carbons (Fsp3) is 0.438. The number of rotatable bonds is 4. The van der Waals surface area contributed by atoms with Crippen LogP contribution < -0.4 is 5.32 Å². The molecule has 6 nitrogen and oxygen atoms in total. The number of carboxylic acids is 1. The summed E-state index contributed by atoms with van der Waals surface area (Å²) in [4.78, 5) is 36.8. The molecule has 0 radical (unpaired) electrons. The Labute approximate surface area is 139 Å². The molecule has 0 spiro atoms. The van der Waals surface area contributed by atoms with Crippen molar-refractivity contribution >= 4 is 29.4 Å². The first kappa shape index (κ1) is 17.3. The topological polar surface area (TPSA) is 86.7 Å². The van der Waals surface area contributed by atoms with Crippen LogP contribution in [0.2, 0.25) is 5.02 Å². The van der Waals surface area contributed by atoms with Crippen LogP contribution in [-0.4, -0.2) is 40.9 Å². The summed E-state index contributed by atoms with van der Waals surface area (Å²) >= 11 is 5.80. The third-order valence-electron chi connectivity index (χ3n) is 4.05. The summed E-state index contributed by atoms with van der Waals surface area (Å²) in [6.45, 7) is 2.54. The summed E-state index contributed by atoms with van der Waals surface area (Å²) in [5, 5.41) is 12.4. The van der Waals surface area contributed by atoms with E-state index in [4.69, 9.17) is 11.6 Å². The van der Waals surface area contributed by atoms with Gasteiger partial charge in [-0.2, -0.15) is 0 Å². The predicted molar refractivity (Wildman–Crippen MR) is 84.9 cm³/mol. The Balaban J connectivity index is 2.00. The fourth-order valence-electron chi connectivity index (χ4n) is 2.66. The third-order valence-corrected chi connectivity index (χ3v) is 4.30. The Morgan fingerprint density at radius 2 is 1.78 bits per heavy atom. The van der Waals surface area contributed by atoms with E-state index in [1.54, 1.807) is 29.2 Å². The molecule has 1 aliphatic heterocycles. The maximum atomic E-state index is 12.3. The standard InChI is InChI=1S/C16H19ClN2O4/c1-10(20)19-8-6-12(7-9-19)15(21)18-14(16(22)23)11-2-4-13(17)5-3-11/h2-5,12,14H,6-9H2,1H3,(H,18,21)(H,22,23). The smallest absolute Gasteiger partial charge is 0.330 e. The number of aliphatic carboxylic acids is 1. The largest absolute Gasteiger partial charge is 0.479 e. The fourth-order valence-corrected chi connectivity index (χ4v) is 2.79. The molecule has 2 amide bonds. The third kappa shape index (κ3) is 4.45. The zero-order valence-electron chi connectivity index (χ0n) is 12.8. The molecule has 124 valence electrons. The minimum Gasteiger partial charge on any atom is -0.479 e. The van der Waals surface area contributed by atoms with Gasteiger partial charge in [0.15, 0.2) is 6.04 Å². The van der Waals surface area contributed by atoms with E-state index < -0.39 is 12.0 Å². The predicted octanol–water partition coefficient (Wildman–Crippen LogP) is 1.84. The van der Waals surface area contributed by atoms with Crippen LogP contribution in [0.4, 0.5) is 0 Å². The van der Waals surface area contributed by atoms with Crippen LogP contribution in [0.3, 0.4) is 0 Å². The van der Waals surface area contributed by atoms with Crippen molar-refractivity contribution in [1.82, 2.24) is 10.2 Å². The monoisotopic (exact) mass is 338 g/mol. The van der Waals surface area contributed by atoms with Gasteiger partial charge in [-0.3, -0.25) is 9.59 Å². The van der Waals surface area contributed by atoms with E-state index >= 15 is 0 Å². The second kappa shape index (κ2) is 7.46. The average molecular weight is 339 g/mol. The number of nitrogens with zero attached hydrogens (tertiary/aromatic N) is 1. The van der Waals surface area contributed by atoms with Gasteiger partial charge in [0.1, 0.15) is 0 Å². The van der Waals surface area contributed by atoms with Gasteiger partial charge in [-0.1, -0.05) is 23.7 Å². The highest BCUT2D eigenvalue weighted by Crippen LogP contribution is 2.21. The van der Waals surface area contributed by atoms with E-state index in [0.29, 0.717) is 36.5 Å². The highest BCUT2D eigenvalue weighted by atomic mass is 35.5. The number of likely N-dealkylation sites (tertiary alicyclic amines) is 1. The van der Waals surface area contributed by atoms with Crippen LogP contribution in [-0.2, 0) is 14.4 Å². The number of hydrogen-bond acceptors (Lipinski definition) is 3. The van der Waals surface area contributed by atoms with E-state index in [0.717, 1.165) is 0 Å². The molecule has 1 atom stereocenters. The van der Waals surface area contributed by atoms with E-state index in [1.807, 2.05) is 0 Å². The van der Waals surface area contributed by atoms with Gasteiger partial charge in [0.25, 0.3) is 0 Å². The molecule has 1 aliphatic rings. The number of benzene rings is 1. The van der Waals surface area contributed by atoms with Gasteiger partial charge in [-0.25, -0.2) is 4.79 Å². The molecule has 0 aliphatic carbocycles. The van der Waals surface area contributed by atoms with Crippen LogP contribution in [0.1, 0.15) is 31.4 Å². The Morgan fingerprint density at radius 3 is 2.26 bits per heavy atom. The first-order chi connectivity index (χ1) is 10.9. The second-order valence-electron chi connectivity index (χ2n) is 5.61. The van der Waals surface area contributed by atoms with Crippen LogP contribution in [0.25, 0.3) is 0 Å². The number of amides is 2. The number of hydrogen-bond donors (Lipinski definition) is 2. The van der Waals surface area contributed by atoms with Gasteiger partial charge in [0.2, 0.25) is 11.8 Å². The van der Waals surface area contributed by atoms with Gasteiger partial charge >= 0.3 is 5.97 Å². The molecule has 1 aromatic rings. The van der Waals surface area contributed by atoms with Crippen molar-refractivity contribution in [2.24, 2.45) is 5.92 Å². The van der Waals surface area contributed by atoms with Crippen LogP contribution in [0.5, 0.6) is 0 Å². The molecule has 0 bridgehead atoms. The van der Waals surface area contributed by atoms with E-state index in [-0.39, 0.29) is 17.7 Å². The van der Waals surface area contributed by atoms with Crippen molar-refractivity contribution in [2.45, 2.75) is 25.8 Å². The van der Waals surface area contributed by atoms with Gasteiger partial charge in [-0.15, -0.1) is 0 Å². The van der Waals surface area contributed by atoms with E-state index in [9.17, 15) is 19.5 Å². The molecule has 23 heavy (non-hydrogen) atoms. The summed E-state index contributed by atoms with van der Waals surface area (Å²) in [5.41, 5.74) is 0.469. The van der Waals surface area contributed by atoms with Gasteiger partial charge in [-0.05, 0) is 30.5 Å². The first-order valence-corrected chi connectivity index (χ1v) is 7.80. The number of nitrogens with one attached hydrogen (secondary N) is 1. The van der Waals surface area contributed by atoms with Gasteiger partial charge in [0, 0.05) is 31.0 Å². The molecule has 7 heteroatoms. The van der Waals surface area contributed by atoms with Crippen molar-refractivity contribution in [3.05, 3.63) is 34.9 Å². The Kier molecular flexibility index (Phi) is 5.60. The van der Waals surface area contributed by atoms with Crippen molar-refractivity contribution in [1.29, 1.82) is 0 Å². The normalized spacial score (nSPS) is 16.7. The summed E-state index contributed by atoms with van der Waals surface area (Å²) < 4.78 is 0. The lowest BCUT2D eigenvalue weighted by Crippen LogP contribution is -2.44. The van der Waals surface area contributed by atoms with Gasteiger partial charge in [0.05, 0.1) is 0 Å². The molecule has 1 aromatic carbocycles. The molecule has 0 aromatic heterocycles. The van der Waals surface area contributed by atoms with Crippen LogP contribution in [0, 0.1) is 5.92 Å². The minimum atomic E-state index is -1.12. The van der Waals surface area contributed by atoms with Gasteiger partial charge < -0.3 is 15.3 Å². The number of carbonyl (C=O) groups excluding carboxylic acids is 2. The Bertz CT molecular complexity index is 595. The molecular formula is C16H19ClN2O4. The second-order valence-corrected chi connectivity index (χ2v) is 6.05. The summed E-state index contributed by atoms with van der Waals surface area (Å²) in [6.07, 6.45) is 1.08. The molecule has 1 fully saturated rings. The lowest BCUT2D eigenvalue weighted by Gasteiger charge is -2.31. The summed E-state index contributed by atoms with van der Waals surface area (Å²) in [6, 6.07) is 5.24. The first-order valence-electron chi connectivity index (χ1n) is 7.42. The molecule has 2 N–H and O–H groups in total. The lowest BCUT2D eigenvalue weighted by atomic mass is 9.95. The molecule has 1 saturated heterocycles. The zero-order valence-corrected chi connectivity index (χ0v) is 13.5. The summed E-state index contributed by atoms with van der Waals surface area (Å²) in [7, 11) is 0. The molecular weight excluding hydrogens is 320 g/mol. The quantitative estimate of drug-likeness (QED) is 0.877. The molecule has 0 saturated carbocycles. The average Bonchev–Trinajstić information content (AvgIpc) is 2.53. The maximum Gasteiger partial charge on any atom is 0.330 e. The molecule has 1 unspecified atom stereocenters. The van der Waals surface area contributed by atoms with Crippen molar-refractivity contribution < 1.29 is 19.5 Å². The van der Waals surface area contributed by atoms with Crippen molar-refractivity contribution in [3.8, 4) is 0 Å². The highest BCUT2D eigenvalue weighted by Gasteiger charge is 2.29. The van der Waals surface area contributed by atoms with Crippen LogP contribution >= 0.6 is 11.6 Å². The van der Waals surface area contributed by atoms with Crippen LogP contribution in [0.15, 0.2) is 24.3 Å². The SMILES string of the molecule is CC(=O)N1CCC(C(=O)NC(C(=O)O)c2ccc(Cl)cc2)CC1. The Hall–Kier alpha value is -2.08. The van der Waals surface area contributed by atoms with E-state index in [2.05, 4.69) is 5.32 Å². The molecule has 2 rings (SSSR count). The highest BCUT2D eigenvalue weighted by molar-refractivity contribution is 6.30. The van der Waals surface area contributed by atoms with E-state index in [1.165, 1.54) is 6.92 Å². The Morgan fingerprint density at radius 1 is 1.22 bits per heavy atom. The maximum absolute atomic E-state index is 12.3. The van der Waals surface area contributed by atoms with Crippen molar-refractivity contribution in [2.75, 3.05) is 13.1 Å². The zero-order chi connectivity index (χ0) is 17.0. The number of halogens is 1.